The summed E-state index contributed by atoms with van der Waals surface area (Å²) in [5, 5.41) is 3.09. The molecule has 142 valence electrons. The van der Waals surface area contributed by atoms with Crippen LogP contribution in [0.3, 0.4) is 0 Å². The molecule has 4 nitrogen and oxygen atoms in total. The fraction of sp³-hybridized carbons (Fsp3) is 0.400. The summed E-state index contributed by atoms with van der Waals surface area (Å²) < 4.78 is 44.0. The molecule has 1 fully saturated rings. The van der Waals surface area contributed by atoms with E-state index in [0.29, 0.717) is 23.0 Å². The molecule has 0 aliphatic heterocycles. The van der Waals surface area contributed by atoms with Crippen molar-refractivity contribution in [2.75, 3.05) is 11.9 Å². The lowest BCUT2D eigenvalue weighted by atomic mass is 9.89. The summed E-state index contributed by atoms with van der Waals surface area (Å²) >= 11 is 0. The van der Waals surface area contributed by atoms with Crippen molar-refractivity contribution in [2.24, 2.45) is 0 Å². The Labute approximate surface area is 154 Å². The minimum Gasteiger partial charge on any atom is -0.461 e. The summed E-state index contributed by atoms with van der Waals surface area (Å²) in [6, 6.07) is 5.09. The Balaban J connectivity index is 1.72. The highest BCUT2D eigenvalue weighted by atomic mass is 19.4. The van der Waals surface area contributed by atoms with Crippen molar-refractivity contribution in [3.8, 4) is 0 Å². The van der Waals surface area contributed by atoms with Gasteiger partial charge in [0.05, 0.1) is 24.1 Å². The number of esters is 1. The standard InChI is InChI=1S/C20H19F3N2O2/c1-2-27-19(26)18-17-12-7-6-11(8-12)16(17)15(10-24-18)25-14-5-3-4-13(9-14)20(21,22)23/h3-5,9-12,25H,2,6-8H2,1H3. The van der Waals surface area contributed by atoms with E-state index >= 15 is 0 Å². The summed E-state index contributed by atoms with van der Waals surface area (Å²) in [6.07, 6.45) is 0.0987. The largest absolute Gasteiger partial charge is 0.461 e. The quantitative estimate of drug-likeness (QED) is 0.728. The molecule has 1 aromatic carbocycles. The highest BCUT2D eigenvalue weighted by Crippen LogP contribution is 2.56. The zero-order valence-corrected chi connectivity index (χ0v) is 14.8. The molecular weight excluding hydrogens is 357 g/mol. The van der Waals surface area contributed by atoms with Crippen LogP contribution in [0, 0.1) is 0 Å². The van der Waals surface area contributed by atoms with Gasteiger partial charge in [0.1, 0.15) is 0 Å². The van der Waals surface area contributed by atoms with E-state index in [1.165, 1.54) is 12.3 Å². The Hall–Kier alpha value is -2.57. The lowest BCUT2D eigenvalue weighted by Gasteiger charge is -2.22. The summed E-state index contributed by atoms with van der Waals surface area (Å²) in [7, 11) is 0. The van der Waals surface area contributed by atoms with Crippen LogP contribution in [0.1, 0.15) is 65.2 Å². The highest BCUT2D eigenvalue weighted by Gasteiger charge is 2.42. The lowest BCUT2D eigenvalue weighted by Crippen LogP contribution is -2.15. The van der Waals surface area contributed by atoms with Crippen molar-refractivity contribution in [1.82, 2.24) is 4.98 Å². The van der Waals surface area contributed by atoms with E-state index in [9.17, 15) is 18.0 Å². The van der Waals surface area contributed by atoms with Crippen LogP contribution >= 0.6 is 0 Å². The number of anilines is 2. The van der Waals surface area contributed by atoms with Gasteiger partial charge < -0.3 is 10.1 Å². The van der Waals surface area contributed by atoms with E-state index < -0.39 is 17.7 Å². The van der Waals surface area contributed by atoms with Crippen LogP contribution in [0.15, 0.2) is 30.5 Å². The first-order chi connectivity index (χ1) is 12.9. The fourth-order valence-electron chi connectivity index (χ4n) is 4.29. The SMILES string of the molecule is CCOC(=O)c1ncc(Nc2cccc(C(F)(F)F)c2)c2c1C1CCC2C1. The first-order valence-corrected chi connectivity index (χ1v) is 9.02. The van der Waals surface area contributed by atoms with E-state index in [-0.39, 0.29) is 12.5 Å². The van der Waals surface area contributed by atoms with Crippen LogP contribution in [0.5, 0.6) is 0 Å². The van der Waals surface area contributed by atoms with Gasteiger partial charge in [-0.15, -0.1) is 0 Å². The molecule has 0 amide bonds. The number of nitrogens with one attached hydrogen (secondary N) is 1. The van der Waals surface area contributed by atoms with Crippen molar-refractivity contribution in [3.05, 3.63) is 52.8 Å². The van der Waals surface area contributed by atoms with Gasteiger partial charge in [0.2, 0.25) is 0 Å². The topological polar surface area (TPSA) is 51.2 Å². The van der Waals surface area contributed by atoms with Crippen LogP contribution in [0.4, 0.5) is 24.5 Å². The number of alkyl halides is 3. The Morgan fingerprint density at radius 3 is 2.70 bits per heavy atom. The molecule has 2 atom stereocenters. The maximum Gasteiger partial charge on any atom is 0.416 e. The van der Waals surface area contributed by atoms with Gasteiger partial charge in [0, 0.05) is 5.69 Å². The Bertz CT molecular complexity index is 895. The van der Waals surface area contributed by atoms with Crippen LogP contribution in [0.25, 0.3) is 0 Å². The van der Waals surface area contributed by atoms with Gasteiger partial charge in [-0.05, 0) is 67.3 Å². The van der Waals surface area contributed by atoms with Crippen molar-refractivity contribution in [1.29, 1.82) is 0 Å². The first kappa shape index (κ1) is 17.8. The summed E-state index contributed by atoms with van der Waals surface area (Å²) in [5.41, 5.74) is 2.56. The number of carbonyl (C=O) groups excluding carboxylic acids is 1. The van der Waals surface area contributed by atoms with Crippen LogP contribution in [0.2, 0.25) is 0 Å². The third-order valence-electron chi connectivity index (χ3n) is 5.35. The van der Waals surface area contributed by atoms with Crippen molar-refractivity contribution in [3.63, 3.8) is 0 Å². The molecule has 0 radical (unpaired) electrons. The third kappa shape index (κ3) is 3.15. The number of pyridine rings is 1. The maximum absolute atomic E-state index is 13.0. The molecular formula is C20H19F3N2O2. The number of hydrogen-bond acceptors (Lipinski definition) is 4. The second-order valence-electron chi connectivity index (χ2n) is 6.98. The lowest BCUT2D eigenvalue weighted by molar-refractivity contribution is -0.137. The number of hydrogen-bond donors (Lipinski definition) is 1. The monoisotopic (exact) mass is 376 g/mol. The zero-order chi connectivity index (χ0) is 19.2. The molecule has 7 heteroatoms. The average Bonchev–Trinajstić information content (AvgIpc) is 3.24. The van der Waals surface area contributed by atoms with Gasteiger partial charge in [-0.1, -0.05) is 6.07 Å². The van der Waals surface area contributed by atoms with Gasteiger partial charge >= 0.3 is 12.1 Å². The third-order valence-corrected chi connectivity index (χ3v) is 5.35. The predicted molar refractivity (Wildman–Crippen MR) is 94.3 cm³/mol. The van der Waals surface area contributed by atoms with Crippen LogP contribution in [-0.2, 0) is 10.9 Å². The number of fused-ring (bicyclic) bond motifs is 5. The molecule has 2 bridgehead atoms. The molecule has 2 aliphatic rings. The molecule has 27 heavy (non-hydrogen) atoms. The molecule has 2 aromatic rings. The molecule has 0 spiro atoms. The molecule has 1 saturated carbocycles. The Kier molecular flexibility index (Phi) is 4.32. The summed E-state index contributed by atoms with van der Waals surface area (Å²) in [6.45, 7) is 2.02. The molecule has 1 heterocycles. The Morgan fingerprint density at radius 2 is 2.00 bits per heavy atom. The number of benzene rings is 1. The van der Waals surface area contributed by atoms with Gasteiger partial charge in [-0.25, -0.2) is 9.78 Å². The van der Waals surface area contributed by atoms with Gasteiger partial charge in [-0.3, -0.25) is 0 Å². The molecule has 1 aromatic heterocycles. The molecule has 1 N–H and O–H groups in total. The number of aromatic nitrogens is 1. The Morgan fingerprint density at radius 1 is 1.26 bits per heavy atom. The van der Waals surface area contributed by atoms with Crippen LogP contribution < -0.4 is 5.32 Å². The second kappa shape index (κ2) is 6.55. The van der Waals surface area contributed by atoms with E-state index in [2.05, 4.69) is 10.3 Å². The fourth-order valence-corrected chi connectivity index (χ4v) is 4.29. The summed E-state index contributed by atoms with van der Waals surface area (Å²) in [5.74, 6) is 0.126. The van der Waals surface area contributed by atoms with Crippen molar-refractivity contribution in [2.45, 2.75) is 44.2 Å². The molecule has 2 unspecified atom stereocenters. The molecule has 4 rings (SSSR count). The maximum atomic E-state index is 13.0. The van der Waals surface area contributed by atoms with E-state index in [0.717, 1.165) is 42.5 Å². The molecule has 2 aliphatic carbocycles. The normalized spacial score (nSPS) is 20.4. The predicted octanol–water partition coefficient (Wildman–Crippen LogP) is 5.39. The van der Waals surface area contributed by atoms with E-state index in [1.54, 1.807) is 13.0 Å². The van der Waals surface area contributed by atoms with Gasteiger partial charge in [-0.2, -0.15) is 13.2 Å². The number of halogens is 3. The number of ether oxygens (including phenoxy) is 1. The molecule has 0 saturated heterocycles. The summed E-state index contributed by atoms with van der Waals surface area (Å²) in [4.78, 5) is 16.6. The second-order valence-corrected chi connectivity index (χ2v) is 6.98. The first-order valence-electron chi connectivity index (χ1n) is 9.02. The smallest absolute Gasteiger partial charge is 0.416 e. The average molecular weight is 376 g/mol. The van der Waals surface area contributed by atoms with Gasteiger partial charge in [0.15, 0.2) is 5.69 Å². The number of carbonyl (C=O) groups is 1. The van der Waals surface area contributed by atoms with Crippen molar-refractivity contribution >= 4 is 17.3 Å². The highest BCUT2D eigenvalue weighted by molar-refractivity contribution is 5.91. The van der Waals surface area contributed by atoms with E-state index in [1.807, 2.05) is 0 Å². The van der Waals surface area contributed by atoms with Crippen LogP contribution in [-0.4, -0.2) is 17.6 Å². The number of nitrogens with zero attached hydrogens (tertiary/aromatic N) is 1. The van der Waals surface area contributed by atoms with Crippen molar-refractivity contribution < 1.29 is 22.7 Å². The zero-order valence-electron chi connectivity index (χ0n) is 14.8. The van der Waals surface area contributed by atoms with E-state index in [4.69, 9.17) is 4.74 Å². The minimum absolute atomic E-state index is 0.264. The minimum atomic E-state index is -4.40. The van der Waals surface area contributed by atoms with Gasteiger partial charge in [0.25, 0.3) is 0 Å². The number of rotatable bonds is 4.